The number of carbonyl (C=O) groups is 1. The number of nitrogens with one attached hydrogen (secondary N) is 1. The van der Waals surface area contributed by atoms with Crippen LogP contribution in [0.5, 0.6) is 11.5 Å². The van der Waals surface area contributed by atoms with Gasteiger partial charge in [0.25, 0.3) is 0 Å². The lowest BCUT2D eigenvalue weighted by Crippen LogP contribution is -2.50. The average molecular weight is 387 g/mol. The Bertz CT molecular complexity index is 765. The monoisotopic (exact) mass is 387 g/mol. The maximum atomic E-state index is 14.4. The third-order valence-electron chi connectivity index (χ3n) is 4.59. The molecule has 0 aliphatic carbocycles. The summed E-state index contributed by atoms with van der Waals surface area (Å²) in [6.45, 7) is 6.93. The molecule has 150 valence electrons. The van der Waals surface area contributed by atoms with Crippen LogP contribution in [0.2, 0.25) is 0 Å². The number of urea groups is 1. The number of hydrogen-bond donors (Lipinski definition) is 1. The Morgan fingerprint density at radius 1 is 1.07 bits per heavy atom. The van der Waals surface area contributed by atoms with E-state index in [1.165, 1.54) is 6.07 Å². The van der Waals surface area contributed by atoms with Gasteiger partial charge in [0.15, 0.2) is 11.6 Å². The number of rotatable bonds is 7. The van der Waals surface area contributed by atoms with Gasteiger partial charge >= 0.3 is 6.03 Å². The third-order valence-corrected chi connectivity index (χ3v) is 4.59. The number of halogens is 1. The molecule has 28 heavy (non-hydrogen) atoms. The third kappa shape index (κ3) is 5.43. The normalized spacial score (nSPS) is 14.7. The summed E-state index contributed by atoms with van der Waals surface area (Å²) in [6, 6.07) is 13.3. The number of hydrogen-bond acceptors (Lipinski definition) is 4. The minimum atomic E-state index is -0.530. The fourth-order valence-corrected chi connectivity index (χ4v) is 3.02. The SMILES string of the molecule is CCOCCN1CCN(C(=O)Nc2c(F)cccc2Oc2ccccc2)CC1. The van der Waals surface area contributed by atoms with Crippen molar-refractivity contribution in [2.45, 2.75) is 6.92 Å². The zero-order valence-electron chi connectivity index (χ0n) is 16.1. The van der Waals surface area contributed by atoms with Crippen molar-refractivity contribution >= 4 is 11.7 Å². The average Bonchev–Trinajstić information content (AvgIpc) is 2.72. The predicted octanol–water partition coefficient (Wildman–Crippen LogP) is 3.80. The first kappa shape index (κ1) is 20.1. The van der Waals surface area contributed by atoms with Crippen LogP contribution in [0.15, 0.2) is 48.5 Å². The molecule has 2 amide bonds. The van der Waals surface area contributed by atoms with Gasteiger partial charge in [0, 0.05) is 39.3 Å². The lowest BCUT2D eigenvalue weighted by atomic mass is 10.2. The molecule has 0 saturated carbocycles. The van der Waals surface area contributed by atoms with Crippen molar-refractivity contribution in [1.29, 1.82) is 0 Å². The number of benzene rings is 2. The number of nitrogens with zero attached hydrogens (tertiary/aromatic N) is 2. The number of carbonyl (C=O) groups excluding carboxylic acids is 1. The van der Waals surface area contributed by atoms with Crippen LogP contribution in [-0.2, 0) is 4.74 Å². The van der Waals surface area contributed by atoms with Crippen LogP contribution < -0.4 is 10.1 Å². The molecule has 6 nitrogen and oxygen atoms in total. The molecule has 2 aromatic rings. The zero-order valence-corrected chi connectivity index (χ0v) is 16.1. The van der Waals surface area contributed by atoms with Crippen molar-refractivity contribution in [2.75, 3.05) is 51.3 Å². The molecule has 3 rings (SSSR count). The highest BCUT2D eigenvalue weighted by atomic mass is 19.1. The van der Waals surface area contributed by atoms with E-state index >= 15 is 0 Å². The topological polar surface area (TPSA) is 54.0 Å². The molecular weight excluding hydrogens is 361 g/mol. The van der Waals surface area contributed by atoms with Crippen LogP contribution in [0.1, 0.15) is 6.92 Å². The summed E-state index contributed by atoms with van der Waals surface area (Å²) in [4.78, 5) is 16.6. The highest BCUT2D eigenvalue weighted by molar-refractivity contribution is 5.91. The summed E-state index contributed by atoms with van der Waals surface area (Å²) in [7, 11) is 0. The first-order valence-electron chi connectivity index (χ1n) is 9.55. The molecule has 1 saturated heterocycles. The Morgan fingerprint density at radius 2 is 1.82 bits per heavy atom. The first-order chi connectivity index (χ1) is 13.7. The van der Waals surface area contributed by atoms with Crippen molar-refractivity contribution in [3.63, 3.8) is 0 Å². The van der Waals surface area contributed by atoms with E-state index in [4.69, 9.17) is 9.47 Å². The lowest BCUT2D eigenvalue weighted by Gasteiger charge is -2.34. The molecule has 2 aromatic carbocycles. The highest BCUT2D eigenvalue weighted by Gasteiger charge is 2.23. The van der Waals surface area contributed by atoms with Crippen LogP contribution >= 0.6 is 0 Å². The van der Waals surface area contributed by atoms with Crippen LogP contribution in [0.25, 0.3) is 0 Å². The summed E-state index contributed by atoms with van der Waals surface area (Å²) >= 11 is 0. The van der Waals surface area contributed by atoms with E-state index in [9.17, 15) is 9.18 Å². The van der Waals surface area contributed by atoms with Gasteiger partial charge in [0.05, 0.1) is 6.61 Å². The number of amides is 2. The number of piperazine rings is 1. The molecule has 0 bridgehead atoms. The van der Waals surface area contributed by atoms with E-state index in [-0.39, 0.29) is 17.5 Å². The Hall–Kier alpha value is -2.64. The van der Waals surface area contributed by atoms with E-state index in [1.807, 2.05) is 25.1 Å². The van der Waals surface area contributed by atoms with E-state index in [0.29, 0.717) is 32.1 Å². The Labute approximate surface area is 164 Å². The van der Waals surface area contributed by atoms with Crippen LogP contribution in [0.4, 0.5) is 14.9 Å². The number of para-hydroxylation sites is 2. The Balaban J connectivity index is 1.60. The number of anilines is 1. The van der Waals surface area contributed by atoms with Gasteiger partial charge in [-0.3, -0.25) is 4.90 Å². The quantitative estimate of drug-likeness (QED) is 0.734. The van der Waals surface area contributed by atoms with Gasteiger partial charge in [-0.05, 0) is 31.2 Å². The molecule has 0 spiro atoms. The van der Waals surface area contributed by atoms with Crippen molar-refractivity contribution in [3.8, 4) is 11.5 Å². The highest BCUT2D eigenvalue weighted by Crippen LogP contribution is 2.31. The van der Waals surface area contributed by atoms with Crippen LogP contribution in [-0.4, -0.2) is 61.8 Å². The second-order valence-corrected chi connectivity index (χ2v) is 6.48. The van der Waals surface area contributed by atoms with Crippen molar-refractivity contribution in [1.82, 2.24) is 9.80 Å². The van der Waals surface area contributed by atoms with Gasteiger partial charge < -0.3 is 19.7 Å². The standard InChI is InChI=1S/C21H26FN3O3/c1-2-27-16-15-24-11-13-25(14-12-24)21(26)23-20-18(22)9-6-10-19(20)28-17-7-4-3-5-8-17/h3-10H,2,11-16H2,1H3,(H,23,26). The van der Waals surface area contributed by atoms with E-state index < -0.39 is 5.82 Å². The van der Waals surface area contributed by atoms with Crippen molar-refractivity contribution in [2.24, 2.45) is 0 Å². The van der Waals surface area contributed by atoms with E-state index in [2.05, 4.69) is 10.2 Å². The molecule has 1 N–H and O–H groups in total. The summed E-state index contributed by atoms with van der Waals surface area (Å²) in [5, 5.41) is 2.68. The van der Waals surface area contributed by atoms with Gasteiger partial charge in [-0.15, -0.1) is 0 Å². The van der Waals surface area contributed by atoms with Gasteiger partial charge in [-0.1, -0.05) is 24.3 Å². The zero-order chi connectivity index (χ0) is 19.8. The van der Waals surface area contributed by atoms with Crippen LogP contribution in [0.3, 0.4) is 0 Å². The molecule has 0 atom stereocenters. The van der Waals surface area contributed by atoms with E-state index in [1.54, 1.807) is 29.2 Å². The second kappa shape index (κ2) is 10.1. The molecule has 1 fully saturated rings. The fraction of sp³-hybridized carbons (Fsp3) is 0.381. The molecule has 0 unspecified atom stereocenters. The maximum absolute atomic E-state index is 14.4. The number of ether oxygens (including phenoxy) is 2. The molecule has 0 radical (unpaired) electrons. The van der Waals surface area contributed by atoms with Crippen molar-refractivity contribution < 1.29 is 18.7 Å². The van der Waals surface area contributed by atoms with Gasteiger partial charge in [-0.25, -0.2) is 9.18 Å². The minimum absolute atomic E-state index is 0.0510. The van der Waals surface area contributed by atoms with E-state index in [0.717, 1.165) is 19.6 Å². The lowest BCUT2D eigenvalue weighted by molar-refractivity contribution is 0.0901. The molecule has 0 aromatic heterocycles. The molecule has 1 aliphatic heterocycles. The van der Waals surface area contributed by atoms with Crippen molar-refractivity contribution in [3.05, 3.63) is 54.3 Å². The Morgan fingerprint density at radius 3 is 2.54 bits per heavy atom. The minimum Gasteiger partial charge on any atom is -0.455 e. The smallest absolute Gasteiger partial charge is 0.322 e. The van der Waals surface area contributed by atoms with Gasteiger partial charge in [-0.2, -0.15) is 0 Å². The first-order valence-corrected chi connectivity index (χ1v) is 9.55. The van der Waals surface area contributed by atoms with Gasteiger partial charge in [0.2, 0.25) is 0 Å². The maximum Gasteiger partial charge on any atom is 0.322 e. The predicted molar refractivity (Wildman–Crippen MR) is 106 cm³/mol. The summed E-state index contributed by atoms with van der Waals surface area (Å²) < 4.78 is 25.5. The molecule has 1 aliphatic rings. The Kier molecular flexibility index (Phi) is 7.22. The molecule has 7 heteroatoms. The largest absolute Gasteiger partial charge is 0.455 e. The molecular formula is C21H26FN3O3. The summed E-state index contributed by atoms with van der Waals surface area (Å²) in [5.74, 6) is 0.318. The summed E-state index contributed by atoms with van der Waals surface area (Å²) in [6.07, 6.45) is 0. The fourth-order valence-electron chi connectivity index (χ4n) is 3.02. The van der Waals surface area contributed by atoms with Gasteiger partial charge in [0.1, 0.15) is 11.4 Å². The van der Waals surface area contributed by atoms with Crippen LogP contribution in [0, 0.1) is 5.82 Å². The second-order valence-electron chi connectivity index (χ2n) is 6.48. The molecule has 1 heterocycles. The summed E-state index contributed by atoms with van der Waals surface area (Å²) in [5.41, 5.74) is 0.0510.